The summed E-state index contributed by atoms with van der Waals surface area (Å²) in [6.45, 7) is 0. The number of benzene rings is 2. The largest absolute Gasteiger partial charge is 0.496 e. The summed E-state index contributed by atoms with van der Waals surface area (Å²) in [5, 5.41) is 1.61. The quantitative estimate of drug-likeness (QED) is 0.426. The summed E-state index contributed by atoms with van der Waals surface area (Å²) in [6.07, 6.45) is -1.04. The second kappa shape index (κ2) is 8.85. The number of fused-ring (bicyclic) bond motifs is 1. The molecule has 11 heteroatoms. The first-order valence-electron chi connectivity index (χ1n) is 9.78. The lowest BCUT2D eigenvalue weighted by molar-refractivity contribution is 0.0285. The lowest BCUT2D eigenvalue weighted by Gasteiger charge is -2.17. The number of methoxy groups -OCH3 is 2. The number of amides is 1. The lowest BCUT2D eigenvalue weighted by Crippen LogP contribution is -2.36. The van der Waals surface area contributed by atoms with E-state index in [0.29, 0.717) is 11.2 Å². The Morgan fingerprint density at radius 3 is 2.33 bits per heavy atom. The lowest BCUT2D eigenvalue weighted by atomic mass is 10.1. The average Bonchev–Trinajstić information content (AvgIpc) is 3.43. The van der Waals surface area contributed by atoms with Crippen LogP contribution in [0, 0.1) is 0 Å². The zero-order chi connectivity index (χ0) is 23.7. The van der Waals surface area contributed by atoms with Crippen LogP contribution in [0.2, 0.25) is 0 Å². The van der Waals surface area contributed by atoms with E-state index in [9.17, 15) is 18.0 Å². The van der Waals surface area contributed by atoms with E-state index < -0.39 is 18.6 Å². The van der Waals surface area contributed by atoms with Crippen LogP contribution in [0.1, 0.15) is 10.4 Å². The van der Waals surface area contributed by atoms with Gasteiger partial charge in [-0.2, -0.15) is 0 Å². The van der Waals surface area contributed by atoms with Gasteiger partial charge in [0.25, 0.3) is 12.3 Å². The molecule has 0 spiro atoms. The minimum Gasteiger partial charge on any atom is -0.496 e. The molecule has 0 fully saturated rings. The molecule has 0 saturated heterocycles. The Bertz CT molecular complexity index is 1290. The number of ether oxygens (including phenoxy) is 2. The smallest absolute Gasteiger partial charge is 0.287 e. The van der Waals surface area contributed by atoms with Gasteiger partial charge < -0.3 is 19.4 Å². The van der Waals surface area contributed by atoms with Crippen LogP contribution < -0.4 is 14.8 Å². The number of hydrogen-bond acceptors (Lipinski definition) is 5. The van der Waals surface area contributed by atoms with Gasteiger partial charge in [0.05, 0.1) is 30.9 Å². The Labute approximate surface area is 186 Å². The summed E-state index contributed by atoms with van der Waals surface area (Å²) in [5.74, 6) is -0.247. The first kappa shape index (κ1) is 22.2. The molecule has 172 valence electrons. The molecule has 0 aliphatic carbocycles. The second-order valence-electron chi connectivity index (χ2n) is 7.11. The van der Waals surface area contributed by atoms with Crippen LogP contribution in [-0.4, -0.2) is 51.9 Å². The summed E-state index contributed by atoms with van der Waals surface area (Å²) in [4.78, 5) is 21.2. The Kier molecular flexibility index (Phi) is 5.95. The summed E-state index contributed by atoms with van der Waals surface area (Å²) in [5.41, 5.74) is 2.69. The van der Waals surface area contributed by atoms with Crippen molar-refractivity contribution in [3.8, 4) is 28.6 Å². The molecule has 0 aliphatic heterocycles. The second-order valence-corrected chi connectivity index (χ2v) is 7.11. The van der Waals surface area contributed by atoms with Crippen LogP contribution in [0.25, 0.3) is 28.1 Å². The van der Waals surface area contributed by atoms with Crippen molar-refractivity contribution in [3.63, 3.8) is 0 Å². The van der Waals surface area contributed by atoms with Crippen LogP contribution in [0.15, 0.2) is 49.1 Å². The highest BCUT2D eigenvalue weighted by atomic mass is 19.3. The SMILES string of the molecule is COc1cc(-n2cnc3cc(-c4nccn4C)ccc32)cc(OC)c1C(=O)NC(F)C(F)F. The van der Waals surface area contributed by atoms with Crippen molar-refractivity contribution in [1.29, 1.82) is 0 Å². The van der Waals surface area contributed by atoms with Crippen LogP contribution in [-0.2, 0) is 7.05 Å². The molecule has 2 aromatic carbocycles. The van der Waals surface area contributed by atoms with Crippen LogP contribution >= 0.6 is 0 Å². The fourth-order valence-corrected chi connectivity index (χ4v) is 3.52. The number of carbonyl (C=O) groups excluding carboxylic acids is 1. The fourth-order valence-electron chi connectivity index (χ4n) is 3.52. The standard InChI is InChI=1S/C22H20F3N5O3/c1-29-7-6-26-21(29)12-4-5-15-14(8-12)27-11-30(15)13-9-16(32-2)18(17(10-13)33-3)22(31)28-20(25)19(23)24/h4-11,19-20H,1-3H3,(H,28,31). The minimum absolute atomic E-state index is 0.0230. The molecule has 33 heavy (non-hydrogen) atoms. The third kappa shape index (κ3) is 4.09. The van der Waals surface area contributed by atoms with Crippen molar-refractivity contribution < 1.29 is 27.4 Å². The number of nitrogens with zero attached hydrogens (tertiary/aromatic N) is 4. The summed E-state index contributed by atoms with van der Waals surface area (Å²) in [6, 6.07) is 8.71. The highest BCUT2D eigenvalue weighted by Crippen LogP contribution is 2.34. The first-order chi connectivity index (χ1) is 15.8. The van der Waals surface area contributed by atoms with E-state index in [2.05, 4.69) is 9.97 Å². The summed E-state index contributed by atoms with van der Waals surface area (Å²) in [7, 11) is 4.51. The highest BCUT2D eigenvalue weighted by molar-refractivity contribution is 6.00. The Hall–Kier alpha value is -4.02. The topological polar surface area (TPSA) is 83.2 Å². The molecular weight excluding hydrogens is 439 g/mol. The molecule has 1 atom stereocenters. The van der Waals surface area contributed by atoms with Gasteiger partial charge in [-0.3, -0.25) is 9.36 Å². The monoisotopic (exact) mass is 459 g/mol. The van der Waals surface area contributed by atoms with Gasteiger partial charge in [0.1, 0.15) is 29.2 Å². The molecule has 1 amide bonds. The van der Waals surface area contributed by atoms with E-state index in [1.165, 1.54) is 26.4 Å². The van der Waals surface area contributed by atoms with Gasteiger partial charge in [-0.15, -0.1) is 0 Å². The van der Waals surface area contributed by atoms with Gasteiger partial charge >= 0.3 is 0 Å². The number of aryl methyl sites for hydroxylation is 1. The van der Waals surface area contributed by atoms with Crippen molar-refractivity contribution in [1.82, 2.24) is 24.4 Å². The van der Waals surface area contributed by atoms with Crippen LogP contribution in [0.3, 0.4) is 0 Å². The van der Waals surface area contributed by atoms with Crippen molar-refractivity contribution in [2.75, 3.05) is 14.2 Å². The highest BCUT2D eigenvalue weighted by Gasteiger charge is 2.27. The number of rotatable bonds is 7. The molecular formula is C22H20F3N5O3. The van der Waals surface area contributed by atoms with E-state index in [1.54, 1.807) is 22.4 Å². The molecule has 0 radical (unpaired) electrons. The van der Waals surface area contributed by atoms with Crippen molar-refractivity contribution in [2.24, 2.45) is 7.05 Å². The van der Waals surface area contributed by atoms with Crippen molar-refractivity contribution in [3.05, 3.63) is 54.6 Å². The average molecular weight is 459 g/mol. The van der Waals surface area contributed by atoms with Gasteiger partial charge in [-0.05, 0) is 18.2 Å². The van der Waals surface area contributed by atoms with Gasteiger partial charge in [0, 0.05) is 37.1 Å². The molecule has 2 aromatic heterocycles. The van der Waals surface area contributed by atoms with Gasteiger partial charge in [-0.25, -0.2) is 23.1 Å². The molecule has 4 rings (SSSR count). The van der Waals surface area contributed by atoms with E-state index in [0.717, 1.165) is 16.9 Å². The fraction of sp³-hybridized carbons (Fsp3) is 0.227. The van der Waals surface area contributed by atoms with Gasteiger partial charge in [0.15, 0.2) is 0 Å². The Morgan fingerprint density at radius 2 is 1.76 bits per heavy atom. The summed E-state index contributed by atoms with van der Waals surface area (Å²) >= 11 is 0. The van der Waals surface area contributed by atoms with E-state index in [4.69, 9.17) is 9.47 Å². The number of hydrogen-bond donors (Lipinski definition) is 1. The predicted molar refractivity (Wildman–Crippen MR) is 115 cm³/mol. The maximum Gasteiger partial charge on any atom is 0.287 e. The minimum atomic E-state index is -3.36. The number of aromatic nitrogens is 4. The van der Waals surface area contributed by atoms with E-state index >= 15 is 0 Å². The maximum absolute atomic E-state index is 13.4. The number of carbonyl (C=O) groups is 1. The van der Waals surface area contributed by atoms with Crippen molar-refractivity contribution >= 4 is 16.9 Å². The predicted octanol–water partition coefficient (Wildman–Crippen LogP) is 3.73. The molecule has 4 aromatic rings. The number of nitrogens with one attached hydrogen (secondary N) is 1. The van der Waals surface area contributed by atoms with Gasteiger partial charge in [-0.1, -0.05) is 0 Å². The third-order valence-corrected chi connectivity index (χ3v) is 5.11. The van der Waals surface area contributed by atoms with Crippen LogP contribution in [0.4, 0.5) is 13.2 Å². The first-order valence-corrected chi connectivity index (χ1v) is 9.78. The molecule has 1 unspecified atom stereocenters. The number of halogens is 3. The number of alkyl halides is 3. The zero-order valence-electron chi connectivity index (χ0n) is 17.9. The normalized spacial score (nSPS) is 12.2. The Morgan fingerprint density at radius 1 is 1.06 bits per heavy atom. The maximum atomic E-state index is 13.4. The Balaban J connectivity index is 1.76. The number of imidazole rings is 2. The third-order valence-electron chi connectivity index (χ3n) is 5.11. The van der Waals surface area contributed by atoms with Gasteiger partial charge in [0.2, 0.25) is 6.30 Å². The molecule has 0 bridgehead atoms. The van der Waals surface area contributed by atoms with E-state index in [-0.39, 0.29) is 17.1 Å². The molecule has 8 nitrogen and oxygen atoms in total. The molecule has 1 N–H and O–H groups in total. The van der Waals surface area contributed by atoms with Crippen LogP contribution in [0.5, 0.6) is 11.5 Å². The molecule has 0 aliphatic rings. The van der Waals surface area contributed by atoms with Crippen molar-refractivity contribution in [2.45, 2.75) is 12.7 Å². The summed E-state index contributed by atoms with van der Waals surface area (Å²) < 4.78 is 52.7. The zero-order valence-corrected chi connectivity index (χ0v) is 17.9. The molecule has 0 saturated carbocycles. The van der Waals surface area contributed by atoms with E-state index in [1.807, 2.05) is 36.0 Å². The molecule has 2 heterocycles.